The number of ether oxygens (including phenoxy) is 2. The number of hydrogen-bond acceptors (Lipinski definition) is 4. The number of nitrogens with one attached hydrogen (secondary N) is 1. The molecule has 126 valence electrons. The molecular formula is C16H22ClN3O3. The maximum atomic E-state index is 12.4. The first-order valence-corrected chi connectivity index (χ1v) is 8.29. The second-order valence-electron chi connectivity index (χ2n) is 6.32. The molecule has 1 saturated heterocycles. The first kappa shape index (κ1) is 16.3. The molecular weight excluding hydrogens is 318 g/mol. The zero-order valence-electron chi connectivity index (χ0n) is 13.3. The number of nitrogens with zero attached hydrogens (tertiary/aromatic N) is 2. The number of amides is 2. The van der Waals surface area contributed by atoms with Crippen molar-refractivity contribution in [2.24, 2.45) is 5.41 Å². The Morgan fingerprint density at radius 2 is 2.39 bits per heavy atom. The van der Waals surface area contributed by atoms with Crippen molar-refractivity contribution in [1.29, 1.82) is 0 Å². The molecule has 0 aromatic carbocycles. The molecule has 2 aliphatic rings. The van der Waals surface area contributed by atoms with Gasteiger partial charge in [0.05, 0.1) is 20.3 Å². The summed E-state index contributed by atoms with van der Waals surface area (Å²) < 4.78 is 10.7. The van der Waals surface area contributed by atoms with Crippen LogP contribution in [-0.2, 0) is 11.3 Å². The lowest BCUT2D eigenvalue weighted by Gasteiger charge is -2.42. The Hall–Kier alpha value is -1.53. The van der Waals surface area contributed by atoms with Crippen molar-refractivity contribution >= 4 is 17.6 Å². The van der Waals surface area contributed by atoms with E-state index in [2.05, 4.69) is 10.3 Å². The van der Waals surface area contributed by atoms with Crippen molar-refractivity contribution < 1.29 is 14.3 Å². The van der Waals surface area contributed by atoms with Crippen LogP contribution in [0.4, 0.5) is 4.79 Å². The van der Waals surface area contributed by atoms with Gasteiger partial charge in [0, 0.05) is 31.2 Å². The molecule has 7 heteroatoms. The maximum Gasteiger partial charge on any atom is 0.317 e. The molecule has 6 nitrogen and oxygen atoms in total. The van der Waals surface area contributed by atoms with Gasteiger partial charge in [-0.05, 0) is 24.5 Å². The van der Waals surface area contributed by atoms with Crippen LogP contribution in [0.15, 0.2) is 12.3 Å². The number of hydrogen-bond donors (Lipinski definition) is 1. The minimum atomic E-state index is -0.0614. The van der Waals surface area contributed by atoms with Crippen molar-refractivity contribution in [2.75, 3.05) is 33.4 Å². The molecule has 1 aliphatic heterocycles. The number of pyridine rings is 1. The smallest absolute Gasteiger partial charge is 0.317 e. The van der Waals surface area contributed by atoms with Gasteiger partial charge in [-0.3, -0.25) is 0 Å². The van der Waals surface area contributed by atoms with E-state index >= 15 is 0 Å². The summed E-state index contributed by atoms with van der Waals surface area (Å²) in [6.45, 7) is 3.18. The van der Waals surface area contributed by atoms with Crippen molar-refractivity contribution in [3.05, 3.63) is 22.8 Å². The van der Waals surface area contributed by atoms with Crippen LogP contribution in [0.3, 0.4) is 0 Å². The molecule has 23 heavy (non-hydrogen) atoms. The lowest BCUT2D eigenvalue weighted by atomic mass is 9.69. The van der Waals surface area contributed by atoms with E-state index < -0.39 is 0 Å². The van der Waals surface area contributed by atoms with Crippen LogP contribution in [-0.4, -0.2) is 49.3 Å². The fraction of sp³-hybridized carbons (Fsp3) is 0.625. The van der Waals surface area contributed by atoms with Gasteiger partial charge in [-0.25, -0.2) is 9.78 Å². The van der Waals surface area contributed by atoms with Crippen LogP contribution in [0.25, 0.3) is 0 Å². The highest BCUT2D eigenvalue weighted by molar-refractivity contribution is 6.31. The van der Waals surface area contributed by atoms with Crippen molar-refractivity contribution in [3.63, 3.8) is 0 Å². The number of rotatable bonds is 3. The summed E-state index contributed by atoms with van der Waals surface area (Å²) in [4.78, 5) is 18.4. The molecule has 1 aromatic rings. The first-order valence-electron chi connectivity index (χ1n) is 7.91. The summed E-state index contributed by atoms with van der Waals surface area (Å²) in [6, 6.07) is 1.70. The second kappa shape index (κ2) is 6.93. The third-order valence-electron chi connectivity index (χ3n) is 4.64. The van der Waals surface area contributed by atoms with Crippen LogP contribution < -0.4 is 10.1 Å². The molecule has 1 spiro atoms. The fourth-order valence-electron chi connectivity index (χ4n) is 3.15. The van der Waals surface area contributed by atoms with Gasteiger partial charge in [0.2, 0.25) is 5.88 Å². The topological polar surface area (TPSA) is 63.7 Å². The highest BCUT2D eigenvalue weighted by Crippen LogP contribution is 2.42. The summed E-state index contributed by atoms with van der Waals surface area (Å²) in [5.41, 5.74) is 1.02. The summed E-state index contributed by atoms with van der Waals surface area (Å²) in [6.07, 6.45) is 5.18. The summed E-state index contributed by atoms with van der Waals surface area (Å²) in [5, 5.41) is 3.38. The quantitative estimate of drug-likeness (QED) is 0.918. The van der Waals surface area contributed by atoms with Gasteiger partial charge in [-0.2, -0.15) is 0 Å². The molecule has 3 rings (SSSR count). The van der Waals surface area contributed by atoms with Crippen molar-refractivity contribution in [3.8, 4) is 5.88 Å². The predicted octanol–water partition coefficient (Wildman–Crippen LogP) is 2.46. The Morgan fingerprint density at radius 1 is 1.57 bits per heavy atom. The molecule has 1 aliphatic carbocycles. The van der Waals surface area contributed by atoms with Crippen LogP contribution >= 0.6 is 11.6 Å². The zero-order valence-corrected chi connectivity index (χ0v) is 14.1. The standard InChI is InChI=1S/C16H22ClN3O3/c1-22-14-13(17)7-12(8-18-14)9-19-15(21)20-5-6-23-11-16(10-20)3-2-4-16/h7-8H,2-6,9-11H2,1H3,(H,19,21). The maximum absolute atomic E-state index is 12.4. The molecule has 1 aromatic heterocycles. The molecule has 2 fully saturated rings. The van der Waals surface area contributed by atoms with Crippen LogP contribution in [0.5, 0.6) is 5.88 Å². The van der Waals surface area contributed by atoms with Gasteiger partial charge in [-0.15, -0.1) is 0 Å². The highest BCUT2D eigenvalue weighted by Gasteiger charge is 2.41. The van der Waals surface area contributed by atoms with Gasteiger partial charge >= 0.3 is 6.03 Å². The SMILES string of the molecule is COc1ncc(CNC(=O)N2CCOCC3(CCC3)C2)cc1Cl. The number of carbonyl (C=O) groups is 1. The Labute approximate surface area is 141 Å². The third-order valence-corrected chi connectivity index (χ3v) is 4.91. The van der Waals surface area contributed by atoms with E-state index in [1.807, 2.05) is 4.90 Å². The van der Waals surface area contributed by atoms with E-state index in [1.54, 1.807) is 12.3 Å². The number of urea groups is 1. The second-order valence-corrected chi connectivity index (χ2v) is 6.73. The Balaban J connectivity index is 1.57. The molecule has 0 radical (unpaired) electrons. The van der Waals surface area contributed by atoms with E-state index in [9.17, 15) is 4.79 Å². The van der Waals surface area contributed by atoms with E-state index in [-0.39, 0.29) is 11.4 Å². The van der Waals surface area contributed by atoms with Crippen molar-refractivity contribution in [2.45, 2.75) is 25.8 Å². The minimum Gasteiger partial charge on any atom is -0.480 e. The first-order chi connectivity index (χ1) is 11.1. The zero-order chi connectivity index (χ0) is 16.3. The van der Waals surface area contributed by atoms with E-state index in [0.717, 1.165) is 31.6 Å². The average molecular weight is 340 g/mol. The summed E-state index contributed by atoms with van der Waals surface area (Å²) >= 11 is 6.05. The number of carbonyl (C=O) groups excluding carboxylic acids is 1. The van der Waals surface area contributed by atoms with Crippen LogP contribution in [0.1, 0.15) is 24.8 Å². The molecule has 1 N–H and O–H groups in total. The average Bonchev–Trinajstić information content (AvgIpc) is 2.76. The van der Waals surface area contributed by atoms with Gasteiger partial charge in [0.15, 0.2) is 0 Å². The lowest BCUT2D eigenvalue weighted by Crippen LogP contribution is -2.48. The molecule has 0 atom stereocenters. The highest BCUT2D eigenvalue weighted by atomic mass is 35.5. The summed E-state index contributed by atoms with van der Waals surface area (Å²) in [7, 11) is 1.52. The Morgan fingerprint density at radius 3 is 3.04 bits per heavy atom. The third kappa shape index (κ3) is 3.70. The molecule has 0 unspecified atom stereocenters. The molecule has 1 saturated carbocycles. The molecule has 0 bridgehead atoms. The van der Waals surface area contributed by atoms with Gasteiger partial charge in [0.25, 0.3) is 0 Å². The van der Waals surface area contributed by atoms with Crippen molar-refractivity contribution in [1.82, 2.24) is 15.2 Å². The van der Waals surface area contributed by atoms with E-state index in [0.29, 0.717) is 30.6 Å². The number of aromatic nitrogens is 1. The Bertz CT molecular complexity index is 578. The normalized spacial score (nSPS) is 19.8. The number of halogens is 1. The summed E-state index contributed by atoms with van der Waals surface area (Å²) in [5.74, 6) is 0.387. The van der Waals surface area contributed by atoms with Gasteiger partial charge < -0.3 is 19.7 Å². The predicted molar refractivity (Wildman–Crippen MR) is 86.7 cm³/mol. The molecule has 2 amide bonds. The van der Waals surface area contributed by atoms with E-state index in [1.165, 1.54) is 13.5 Å². The number of methoxy groups -OCH3 is 1. The largest absolute Gasteiger partial charge is 0.480 e. The van der Waals surface area contributed by atoms with Gasteiger partial charge in [0.1, 0.15) is 5.02 Å². The molecule has 2 heterocycles. The van der Waals surface area contributed by atoms with E-state index in [4.69, 9.17) is 21.1 Å². The fourth-order valence-corrected chi connectivity index (χ4v) is 3.41. The lowest BCUT2D eigenvalue weighted by molar-refractivity contribution is 0.0126. The van der Waals surface area contributed by atoms with Crippen LogP contribution in [0.2, 0.25) is 5.02 Å². The monoisotopic (exact) mass is 339 g/mol. The Kier molecular flexibility index (Phi) is 4.92. The minimum absolute atomic E-state index is 0.0614. The van der Waals surface area contributed by atoms with Gasteiger partial charge in [-0.1, -0.05) is 18.0 Å². The van der Waals surface area contributed by atoms with Crippen LogP contribution in [0, 0.1) is 5.41 Å².